The molecule has 2 aromatic heterocycles. The second-order valence-electron chi connectivity index (χ2n) is 6.98. The molecule has 0 unspecified atom stereocenters. The van der Waals surface area contributed by atoms with E-state index in [-0.39, 0.29) is 11.1 Å². The molecule has 3 heterocycles. The summed E-state index contributed by atoms with van der Waals surface area (Å²) in [4.78, 5) is 24.1. The first-order chi connectivity index (χ1) is 13.1. The van der Waals surface area contributed by atoms with Crippen molar-refractivity contribution in [1.82, 2.24) is 8.97 Å². The van der Waals surface area contributed by atoms with Crippen LogP contribution in [0.4, 0.5) is 0 Å². The topological polar surface area (TPSA) is 91.1 Å². The summed E-state index contributed by atoms with van der Waals surface area (Å²) in [7, 11) is 0. The van der Waals surface area contributed by atoms with Gasteiger partial charge in [0.15, 0.2) is 6.29 Å². The van der Waals surface area contributed by atoms with Crippen molar-refractivity contribution in [2.75, 3.05) is 13.2 Å². The Morgan fingerprint density at radius 2 is 2.15 bits per heavy atom. The molecule has 0 radical (unpaired) electrons. The molecule has 0 aliphatic carbocycles. The number of pyridine rings is 1. The second kappa shape index (κ2) is 6.51. The van der Waals surface area contributed by atoms with Gasteiger partial charge in [-0.1, -0.05) is 12.1 Å². The van der Waals surface area contributed by atoms with Gasteiger partial charge in [-0.2, -0.15) is 5.10 Å². The third-order valence-corrected chi connectivity index (χ3v) is 5.16. The number of imidazole rings is 1. The van der Waals surface area contributed by atoms with Crippen LogP contribution in [0.2, 0.25) is 0 Å². The fourth-order valence-corrected chi connectivity index (χ4v) is 3.66. The number of carbonyl (C=O) groups excluding carboxylic acids is 1. The molecule has 27 heavy (non-hydrogen) atoms. The quantitative estimate of drug-likeness (QED) is 0.324. The predicted octanol–water partition coefficient (Wildman–Crippen LogP) is 1.90. The molecule has 0 spiro atoms. The monoisotopic (exact) mass is 364 g/mol. The summed E-state index contributed by atoms with van der Waals surface area (Å²) in [6, 6.07) is 11.2. The number of nitrogens with zero attached hydrogens (tertiary/aromatic N) is 3. The van der Waals surface area contributed by atoms with Crippen LogP contribution in [0.25, 0.3) is 11.2 Å². The molecule has 1 aliphatic rings. The van der Waals surface area contributed by atoms with Gasteiger partial charge in [-0.25, -0.2) is 4.79 Å². The van der Waals surface area contributed by atoms with Gasteiger partial charge < -0.3 is 10.6 Å². The molecule has 0 atom stereocenters. The third-order valence-electron chi connectivity index (χ3n) is 5.16. The molecule has 4 rings (SSSR count). The zero-order valence-electron chi connectivity index (χ0n) is 15.0. The number of aldehydes is 1. The largest absolute Gasteiger partial charge is 0.379 e. The number of hydrazone groups is 1. The van der Waals surface area contributed by atoms with E-state index in [4.69, 9.17) is 10.6 Å². The SMILES string of the molecule is C/C(CC1(c2cccc(-n3cc4c(C=O)cccn4c3=O)c2)COC1)=N\N. The fourth-order valence-electron chi connectivity index (χ4n) is 3.66. The molecule has 1 aromatic carbocycles. The smallest absolute Gasteiger partial charge is 0.337 e. The number of rotatable bonds is 5. The van der Waals surface area contributed by atoms with E-state index in [1.165, 1.54) is 4.40 Å². The minimum absolute atomic E-state index is 0.181. The van der Waals surface area contributed by atoms with Crippen LogP contribution in [0.15, 0.2) is 58.7 Å². The van der Waals surface area contributed by atoms with E-state index in [0.29, 0.717) is 30.7 Å². The first kappa shape index (κ1) is 17.2. The summed E-state index contributed by atoms with van der Waals surface area (Å²) < 4.78 is 8.51. The van der Waals surface area contributed by atoms with Gasteiger partial charge in [-0.05, 0) is 36.8 Å². The molecule has 7 heteroatoms. The van der Waals surface area contributed by atoms with Crippen molar-refractivity contribution in [3.63, 3.8) is 0 Å². The van der Waals surface area contributed by atoms with E-state index in [2.05, 4.69) is 5.10 Å². The van der Waals surface area contributed by atoms with Gasteiger partial charge in [0.05, 0.1) is 24.4 Å². The number of fused-ring (bicyclic) bond motifs is 1. The Bertz CT molecular complexity index is 1110. The minimum Gasteiger partial charge on any atom is -0.379 e. The van der Waals surface area contributed by atoms with Crippen molar-refractivity contribution in [3.8, 4) is 5.69 Å². The number of hydrogen-bond acceptors (Lipinski definition) is 5. The maximum absolute atomic E-state index is 12.8. The second-order valence-corrected chi connectivity index (χ2v) is 6.98. The van der Waals surface area contributed by atoms with Gasteiger partial charge >= 0.3 is 5.69 Å². The Hall–Kier alpha value is -3.19. The average molecular weight is 364 g/mol. The van der Waals surface area contributed by atoms with Crippen LogP contribution in [-0.2, 0) is 10.2 Å². The third kappa shape index (κ3) is 2.76. The van der Waals surface area contributed by atoms with Crippen LogP contribution in [0, 0.1) is 0 Å². The van der Waals surface area contributed by atoms with Crippen molar-refractivity contribution < 1.29 is 9.53 Å². The summed E-state index contributed by atoms with van der Waals surface area (Å²) in [6.45, 7) is 3.08. The molecule has 138 valence electrons. The first-order valence-corrected chi connectivity index (χ1v) is 8.68. The molecule has 0 saturated carbocycles. The van der Waals surface area contributed by atoms with E-state index in [1.807, 2.05) is 31.2 Å². The Morgan fingerprint density at radius 3 is 2.81 bits per heavy atom. The number of aromatic nitrogens is 2. The van der Waals surface area contributed by atoms with Crippen molar-refractivity contribution >= 4 is 17.5 Å². The highest BCUT2D eigenvalue weighted by Gasteiger charge is 2.41. The van der Waals surface area contributed by atoms with E-state index < -0.39 is 0 Å². The maximum Gasteiger partial charge on any atom is 0.337 e. The number of benzene rings is 1. The van der Waals surface area contributed by atoms with Crippen LogP contribution in [0.5, 0.6) is 0 Å². The molecule has 2 N–H and O–H groups in total. The zero-order valence-corrected chi connectivity index (χ0v) is 15.0. The lowest BCUT2D eigenvalue weighted by Crippen LogP contribution is -2.48. The summed E-state index contributed by atoms with van der Waals surface area (Å²) in [5.74, 6) is 5.42. The summed E-state index contributed by atoms with van der Waals surface area (Å²) in [5.41, 5.74) is 3.33. The van der Waals surface area contributed by atoms with Crippen LogP contribution in [0.1, 0.15) is 29.3 Å². The molecular formula is C20H20N4O3. The lowest BCUT2D eigenvalue weighted by Gasteiger charge is -2.42. The maximum atomic E-state index is 12.8. The lowest BCUT2D eigenvalue weighted by atomic mass is 9.74. The molecule has 1 fully saturated rings. The van der Waals surface area contributed by atoms with Crippen molar-refractivity contribution in [3.05, 3.63) is 70.4 Å². The van der Waals surface area contributed by atoms with Crippen molar-refractivity contribution in [2.24, 2.45) is 10.9 Å². The average Bonchev–Trinajstić information content (AvgIpc) is 3.01. The highest BCUT2D eigenvalue weighted by Crippen LogP contribution is 2.37. The Balaban J connectivity index is 1.82. The van der Waals surface area contributed by atoms with Crippen LogP contribution >= 0.6 is 0 Å². The van der Waals surface area contributed by atoms with E-state index in [1.54, 1.807) is 29.1 Å². The van der Waals surface area contributed by atoms with Gasteiger partial charge in [0.1, 0.15) is 0 Å². The molecule has 7 nitrogen and oxygen atoms in total. The van der Waals surface area contributed by atoms with Gasteiger partial charge in [0, 0.05) is 35.5 Å². The summed E-state index contributed by atoms with van der Waals surface area (Å²) in [6.07, 6.45) is 4.81. The van der Waals surface area contributed by atoms with Crippen LogP contribution in [0.3, 0.4) is 0 Å². The Morgan fingerprint density at radius 1 is 1.33 bits per heavy atom. The molecule has 3 aromatic rings. The first-order valence-electron chi connectivity index (χ1n) is 8.68. The number of carbonyl (C=O) groups is 1. The summed E-state index contributed by atoms with van der Waals surface area (Å²) >= 11 is 0. The normalized spacial score (nSPS) is 16.3. The zero-order chi connectivity index (χ0) is 19.0. The van der Waals surface area contributed by atoms with Crippen molar-refractivity contribution in [1.29, 1.82) is 0 Å². The predicted molar refractivity (Wildman–Crippen MR) is 103 cm³/mol. The van der Waals surface area contributed by atoms with E-state index in [0.717, 1.165) is 23.2 Å². The standard InChI is InChI=1S/C20H20N4O3/c1-14(22-21)9-20(12-27-13-20)16-5-2-6-17(8-16)24-10-18-15(11-25)4-3-7-23(18)19(24)26/h2-8,10-11H,9,12-13,21H2,1H3/b22-14+. The number of nitrogens with two attached hydrogens (primary N) is 1. The lowest BCUT2D eigenvalue weighted by molar-refractivity contribution is -0.0564. The highest BCUT2D eigenvalue weighted by atomic mass is 16.5. The van der Waals surface area contributed by atoms with Crippen LogP contribution < -0.4 is 11.5 Å². The van der Waals surface area contributed by atoms with Gasteiger partial charge in [0.25, 0.3) is 0 Å². The Labute approximate surface area is 155 Å². The molecule has 1 aliphatic heterocycles. The number of hydrogen-bond donors (Lipinski definition) is 1. The molecule has 1 saturated heterocycles. The molecule has 0 bridgehead atoms. The van der Waals surface area contributed by atoms with E-state index >= 15 is 0 Å². The van der Waals surface area contributed by atoms with Crippen molar-refractivity contribution in [2.45, 2.75) is 18.8 Å². The minimum atomic E-state index is -0.218. The van der Waals surface area contributed by atoms with Gasteiger partial charge in [-0.3, -0.25) is 13.8 Å². The summed E-state index contributed by atoms with van der Waals surface area (Å²) in [5, 5.41) is 3.79. The van der Waals surface area contributed by atoms with Crippen LogP contribution in [-0.4, -0.2) is 34.2 Å². The van der Waals surface area contributed by atoms with E-state index in [9.17, 15) is 9.59 Å². The number of ether oxygens (including phenoxy) is 1. The Kier molecular flexibility index (Phi) is 4.16. The fraction of sp³-hybridized carbons (Fsp3) is 0.250. The molecule has 0 amide bonds. The van der Waals surface area contributed by atoms with Gasteiger partial charge in [0.2, 0.25) is 0 Å². The van der Waals surface area contributed by atoms with Gasteiger partial charge in [-0.15, -0.1) is 0 Å². The molecular weight excluding hydrogens is 344 g/mol. The highest BCUT2D eigenvalue weighted by molar-refractivity contribution is 5.85.